The van der Waals surface area contributed by atoms with Crippen LogP contribution in [0.15, 0.2) is 22.2 Å². The zero-order chi connectivity index (χ0) is 33.5. The van der Waals surface area contributed by atoms with Gasteiger partial charge in [0.1, 0.15) is 30.7 Å². The van der Waals surface area contributed by atoms with Gasteiger partial charge in [0.2, 0.25) is 11.9 Å². The molecule has 3 aromatic rings. The monoisotopic (exact) mass is 673 g/mol. The lowest BCUT2D eigenvalue weighted by Gasteiger charge is -2.26. The van der Waals surface area contributed by atoms with Crippen LogP contribution in [-0.2, 0) is 42.1 Å². The number of carbonyl (C=O) groups excluding carboxylic acids is 2. The van der Waals surface area contributed by atoms with Crippen LogP contribution >= 0.6 is 7.82 Å². The second-order valence-corrected chi connectivity index (χ2v) is 11.4. The zero-order valence-corrected chi connectivity index (χ0v) is 24.7. The van der Waals surface area contributed by atoms with E-state index in [0.29, 0.717) is 0 Å². The van der Waals surface area contributed by atoms with Crippen molar-refractivity contribution in [2.75, 3.05) is 24.7 Å². The minimum absolute atomic E-state index is 0.0981. The van der Waals surface area contributed by atoms with Gasteiger partial charge in [-0.1, -0.05) is 0 Å². The first-order valence-electron chi connectivity index (χ1n) is 13.2. The van der Waals surface area contributed by atoms with Crippen LogP contribution in [0.5, 0.6) is 0 Å². The van der Waals surface area contributed by atoms with E-state index in [9.17, 15) is 38.8 Å². The van der Waals surface area contributed by atoms with Crippen molar-refractivity contribution in [3.63, 3.8) is 0 Å². The van der Waals surface area contributed by atoms with Gasteiger partial charge < -0.3 is 45.5 Å². The number of ether oxygens (including phenoxy) is 4. The molecule has 4 unspecified atom stereocenters. The minimum Gasteiger partial charge on any atom is -0.455 e. The molecule has 2 saturated heterocycles. The summed E-state index contributed by atoms with van der Waals surface area (Å²) in [5.41, 5.74) is 9.14. The molecule has 0 bridgehead atoms. The molecular weight excluding hydrogens is 645 g/mol. The summed E-state index contributed by atoms with van der Waals surface area (Å²) < 4.78 is 47.3. The van der Waals surface area contributed by atoms with Crippen molar-refractivity contribution in [1.82, 2.24) is 34.1 Å². The third-order valence-corrected chi connectivity index (χ3v) is 7.77. The average molecular weight is 673 g/mol. The molecule has 0 spiro atoms. The van der Waals surface area contributed by atoms with E-state index in [0.717, 1.165) is 35.6 Å². The lowest BCUT2D eigenvalue weighted by molar-refractivity contribution is -0.156. The normalized spacial score (nSPS) is 29.1. The largest absolute Gasteiger partial charge is 0.472 e. The van der Waals surface area contributed by atoms with Crippen LogP contribution in [0.25, 0.3) is 11.2 Å². The molecule has 0 aliphatic carbocycles. The highest BCUT2D eigenvalue weighted by Gasteiger charge is 2.53. The standard InChI is InChI=1S/C22H28N9O14P/c1-7(33)41-14-12(35)10(44-18(14)31-6-26-20(23)29-22(31)37)4-40-46(38,39)45-13-9(3-32)43-19(15(13)42-8(2)34)30-5-25-11-16(30)27-21(24)28-17(11)36/h5-6,9-10,12-15,18-19,32,35H,3-4H2,1-2H3,(H,38,39)(H2,23,29,37)(H3,24,27,28,36)/t9-,10-,12+,13?,14?,15?,18-,19-/m1/s1. The molecule has 9 atom stereocenters. The summed E-state index contributed by atoms with van der Waals surface area (Å²) in [5, 5.41) is 20.8. The Morgan fingerprint density at radius 3 is 2.28 bits per heavy atom. The molecular formula is C22H28N9O14P. The molecule has 5 heterocycles. The summed E-state index contributed by atoms with van der Waals surface area (Å²) in [7, 11) is -5.18. The number of rotatable bonds is 10. The smallest absolute Gasteiger partial charge is 0.455 e. The molecule has 0 amide bonds. The minimum atomic E-state index is -5.18. The molecule has 250 valence electrons. The zero-order valence-electron chi connectivity index (χ0n) is 23.8. The van der Waals surface area contributed by atoms with Gasteiger partial charge in [-0.15, -0.1) is 0 Å². The number of anilines is 2. The van der Waals surface area contributed by atoms with Gasteiger partial charge in [0.05, 0.1) is 19.5 Å². The predicted molar refractivity (Wildman–Crippen MR) is 146 cm³/mol. The van der Waals surface area contributed by atoms with Gasteiger partial charge in [-0.3, -0.25) is 37.5 Å². The second-order valence-electron chi connectivity index (χ2n) is 9.97. The van der Waals surface area contributed by atoms with Crippen molar-refractivity contribution < 1.29 is 57.3 Å². The molecule has 46 heavy (non-hydrogen) atoms. The number of aromatic amines is 1. The quantitative estimate of drug-likeness (QED) is 0.0895. The average Bonchev–Trinajstić information content (AvgIpc) is 3.61. The van der Waals surface area contributed by atoms with E-state index in [1.54, 1.807) is 0 Å². The summed E-state index contributed by atoms with van der Waals surface area (Å²) in [6, 6.07) is 0. The van der Waals surface area contributed by atoms with E-state index in [1.165, 1.54) is 0 Å². The van der Waals surface area contributed by atoms with Crippen LogP contribution in [0.2, 0.25) is 0 Å². The molecule has 5 rings (SSSR count). The number of nitrogens with two attached hydrogens (primary N) is 2. The Balaban J connectivity index is 1.36. The number of hydrogen-bond donors (Lipinski definition) is 6. The lowest BCUT2D eigenvalue weighted by atomic mass is 10.1. The Labute approximate surface area is 255 Å². The van der Waals surface area contributed by atoms with Gasteiger partial charge in [0, 0.05) is 13.8 Å². The maximum atomic E-state index is 13.2. The molecule has 0 aromatic carbocycles. The molecule has 2 aliphatic rings. The second kappa shape index (κ2) is 12.8. The predicted octanol–water partition coefficient (Wildman–Crippen LogP) is -3.55. The lowest BCUT2D eigenvalue weighted by Crippen LogP contribution is -2.40. The van der Waals surface area contributed by atoms with E-state index >= 15 is 0 Å². The number of phosphoric acid groups is 1. The Morgan fingerprint density at radius 2 is 1.63 bits per heavy atom. The van der Waals surface area contributed by atoms with Crippen molar-refractivity contribution >= 4 is 42.8 Å². The van der Waals surface area contributed by atoms with Crippen LogP contribution in [0.3, 0.4) is 0 Å². The van der Waals surface area contributed by atoms with E-state index in [-0.39, 0.29) is 23.1 Å². The number of nitrogens with zero attached hydrogens (tertiary/aromatic N) is 6. The number of phosphoric ester groups is 1. The van der Waals surface area contributed by atoms with Crippen molar-refractivity contribution in [1.29, 1.82) is 0 Å². The third-order valence-electron chi connectivity index (χ3n) is 6.78. The third kappa shape index (κ3) is 6.61. The van der Waals surface area contributed by atoms with Crippen LogP contribution in [0, 0.1) is 0 Å². The Kier molecular flexibility index (Phi) is 9.19. The molecule has 24 heteroatoms. The van der Waals surface area contributed by atoms with E-state index in [1.807, 2.05) is 0 Å². The number of aromatic nitrogens is 7. The van der Waals surface area contributed by atoms with E-state index in [2.05, 4.69) is 24.9 Å². The van der Waals surface area contributed by atoms with Crippen molar-refractivity contribution in [2.24, 2.45) is 0 Å². The molecule has 2 aliphatic heterocycles. The molecule has 3 aromatic heterocycles. The topological polar surface area (TPSA) is 331 Å². The van der Waals surface area contributed by atoms with Crippen LogP contribution in [-0.4, -0.2) is 111 Å². The molecule has 0 radical (unpaired) electrons. The number of nitrogen functional groups attached to an aromatic ring is 2. The first kappa shape index (κ1) is 33.0. The van der Waals surface area contributed by atoms with Gasteiger partial charge in [-0.05, 0) is 0 Å². The summed E-state index contributed by atoms with van der Waals surface area (Å²) in [6.45, 7) is 0.394. The molecule has 23 nitrogen and oxygen atoms in total. The Bertz CT molecular complexity index is 1800. The SMILES string of the molecule is CC(=O)OC1[C@@H](O)[C@@H](COP(=O)(O)OC2C(OC(C)=O)[C@H](n3cnc4c(=O)[nH]c(N)nc43)O[C@@H]2CO)O[C@H]1n1cnc(N)nc1=O. The van der Waals surface area contributed by atoms with Gasteiger partial charge in [0.15, 0.2) is 35.8 Å². The highest BCUT2D eigenvalue weighted by Crippen LogP contribution is 2.50. The highest BCUT2D eigenvalue weighted by molar-refractivity contribution is 7.47. The van der Waals surface area contributed by atoms with Gasteiger partial charge in [0.25, 0.3) is 5.56 Å². The molecule has 8 N–H and O–H groups in total. The first-order chi connectivity index (χ1) is 21.7. The fourth-order valence-electron chi connectivity index (χ4n) is 4.93. The fraction of sp³-hybridized carbons (Fsp3) is 0.545. The van der Waals surface area contributed by atoms with Gasteiger partial charge in [-0.2, -0.15) is 9.97 Å². The number of aliphatic hydroxyl groups excluding tert-OH is 2. The van der Waals surface area contributed by atoms with E-state index < -0.39 is 93.3 Å². The number of hydrogen-bond acceptors (Lipinski definition) is 19. The maximum Gasteiger partial charge on any atom is 0.472 e. The summed E-state index contributed by atoms with van der Waals surface area (Å²) in [5.74, 6) is -2.36. The number of carbonyl (C=O) groups is 2. The Morgan fingerprint density at radius 1 is 1.00 bits per heavy atom. The number of H-pyrrole nitrogens is 1. The summed E-state index contributed by atoms with van der Waals surface area (Å²) >= 11 is 0. The summed E-state index contributed by atoms with van der Waals surface area (Å²) in [4.78, 5) is 76.4. The number of nitrogens with one attached hydrogen (secondary N) is 1. The Hall–Kier alpha value is -4.35. The maximum absolute atomic E-state index is 13.2. The number of fused-ring (bicyclic) bond motifs is 1. The van der Waals surface area contributed by atoms with E-state index in [4.69, 9.17) is 39.5 Å². The van der Waals surface area contributed by atoms with Crippen LogP contribution < -0.4 is 22.7 Å². The number of imidazole rings is 1. The van der Waals surface area contributed by atoms with Gasteiger partial charge >= 0.3 is 25.5 Å². The van der Waals surface area contributed by atoms with Crippen molar-refractivity contribution in [2.45, 2.75) is 62.9 Å². The number of aliphatic hydroxyl groups is 2. The molecule has 0 saturated carbocycles. The van der Waals surface area contributed by atoms with Gasteiger partial charge in [-0.25, -0.2) is 19.3 Å². The van der Waals surface area contributed by atoms with Crippen LogP contribution in [0.1, 0.15) is 26.3 Å². The highest BCUT2D eigenvalue weighted by atomic mass is 31.2. The summed E-state index contributed by atoms with van der Waals surface area (Å²) in [6.07, 6.45) is -10.1. The number of esters is 2. The van der Waals surface area contributed by atoms with Crippen molar-refractivity contribution in [3.05, 3.63) is 33.5 Å². The van der Waals surface area contributed by atoms with Crippen LogP contribution in [0.4, 0.5) is 11.9 Å². The van der Waals surface area contributed by atoms with Crippen molar-refractivity contribution in [3.8, 4) is 0 Å². The fourth-order valence-corrected chi connectivity index (χ4v) is 5.89. The first-order valence-corrected chi connectivity index (χ1v) is 14.7. The molecule has 2 fully saturated rings.